The third-order valence-electron chi connectivity index (χ3n) is 5.54. The number of thioether (sulfide) groups is 1. The highest BCUT2D eigenvalue weighted by atomic mass is 32.2. The van der Waals surface area contributed by atoms with E-state index in [1.165, 1.54) is 16.0 Å². The van der Waals surface area contributed by atoms with E-state index in [1.807, 2.05) is 18.5 Å². The number of piperidine rings is 1. The summed E-state index contributed by atoms with van der Waals surface area (Å²) in [5.74, 6) is 0.868. The van der Waals surface area contributed by atoms with Crippen LogP contribution >= 0.6 is 11.8 Å². The van der Waals surface area contributed by atoms with E-state index < -0.39 is 0 Å². The summed E-state index contributed by atoms with van der Waals surface area (Å²) in [6.45, 7) is 1.72. The molecular formula is C22H24N2OS. The Morgan fingerprint density at radius 1 is 1.19 bits per heavy atom. The number of allylic oxidation sites excluding steroid dienone is 1. The highest BCUT2D eigenvalue weighted by Crippen LogP contribution is 2.38. The number of pyridine rings is 1. The smallest absolute Gasteiger partial charge is 0.255 e. The number of benzene rings is 1. The molecule has 134 valence electrons. The van der Waals surface area contributed by atoms with Gasteiger partial charge in [0.2, 0.25) is 0 Å². The van der Waals surface area contributed by atoms with Crippen molar-refractivity contribution in [2.45, 2.75) is 25.7 Å². The number of nitrogens with zero attached hydrogens (tertiary/aromatic N) is 2. The highest BCUT2D eigenvalue weighted by Gasteiger charge is 2.31. The lowest BCUT2D eigenvalue weighted by atomic mass is 9.90. The molecule has 26 heavy (non-hydrogen) atoms. The van der Waals surface area contributed by atoms with Crippen molar-refractivity contribution in [1.29, 1.82) is 0 Å². The van der Waals surface area contributed by atoms with Crippen LogP contribution in [0.15, 0.2) is 53.7 Å². The molecule has 0 N–H and O–H groups in total. The monoisotopic (exact) mass is 364 g/mol. The lowest BCUT2D eigenvalue weighted by Gasteiger charge is -2.32. The standard InChI is InChI=1S/C22H24N2OS/c1-26-20-14-18-7-10-23-15-19(18)21(20)22(25)24-11-8-17(9-12-24)13-16-5-3-2-4-6-16/h2-7,10,15,17H,8-9,11-14H2,1H3. The molecule has 4 rings (SSSR count). The Bertz CT molecular complexity index is 823. The summed E-state index contributed by atoms with van der Waals surface area (Å²) in [4.78, 5) is 20.7. The number of carbonyl (C=O) groups excluding carboxylic acids is 1. The number of likely N-dealkylation sites (tertiary alicyclic amines) is 1. The summed E-state index contributed by atoms with van der Waals surface area (Å²) >= 11 is 1.70. The number of rotatable bonds is 4. The van der Waals surface area contributed by atoms with Crippen molar-refractivity contribution in [2.75, 3.05) is 19.3 Å². The predicted molar refractivity (Wildman–Crippen MR) is 108 cm³/mol. The summed E-state index contributed by atoms with van der Waals surface area (Å²) in [6.07, 6.45) is 9.89. The summed E-state index contributed by atoms with van der Waals surface area (Å²) in [5, 5.41) is 0. The van der Waals surface area contributed by atoms with E-state index in [-0.39, 0.29) is 5.91 Å². The predicted octanol–water partition coefficient (Wildman–Crippen LogP) is 4.19. The van der Waals surface area contributed by atoms with Crippen LogP contribution in [0, 0.1) is 5.92 Å². The number of hydrogen-bond acceptors (Lipinski definition) is 3. The molecule has 1 saturated heterocycles. The van der Waals surface area contributed by atoms with Crippen molar-refractivity contribution in [3.63, 3.8) is 0 Å². The van der Waals surface area contributed by atoms with Gasteiger partial charge in [-0.15, -0.1) is 11.8 Å². The third-order valence-corrected chi connectivity index (χ3v) is 6.38. The minimum atomic E-state index is 0.194. The quantitative estimate of drug-likeness (QED) is 0.815. The van der Waals surface area contributed by atoms with Gasteiger partial charge in [0.1, 0.15) is 0 Å². The number of carbonyl (C=O) groups is 1. The van der Waals surface area contributed by atoms with E-state index in [1.54, 1.807) is 11.8 Å². The van der Waals surface area contributed by atoms with E-state index in [4.69, 9.17) is 0 Å². The molecule has 0 spiro atoms. The van der Waals surface area contributed by atoms with Crippen LogP contribution in [0.4, 0.5) is 0 Å². The lowest BCUT2D eigenvalue weighted by Crippen LogP contribution is -2.39. The van der Waals surface area contributed by atoms with Gasteiger partial charge in [-0.1, -0.05) is 30.3 Å². The maximum absolute atomic E-state index is 13.2. The Hall–Kier alpha value is -2.07. The highest BCUT2D eigenvalue weighted by molar-refractivity contribution is 8.02. The summed E-state index contributed by atoms with van der Waals surface area (Å²) in [6, 6.07) is 12.7. The van der Waals surface area contributed by atoms with Crippen molar-refractivity contribution in [1.82, 2.24) is 9.88 Å². The Morgan fingerprint density at radius 3 is 2.69 bits per heavy atom. The van der Waals surface area contributed by atoms with Crippen molar-refractivity contribution < 1.29 is 4.79 Å². The van der Waals surface area contributed by atoms with Crippen LogP contribution in [0.25, 0.3) is 5.57 Å². The molecule has 2 aromatic rings. The minimum absolute atomic E-state index is 0.194. The van der Waals surface area contributed by atoms with Crippen LogP contribution in [0.3, 0.4) is 0 Å². The van der Waals surface area contributed by atoms with Gasteiger partial charge in [0.25, 0.3) is 5.91 Å². The maximum atomic E-state index is 13.2. The van der Waals surface area contributed by atoms with Crippen LogP contribution < -0.4 is 0 Å². The number of hydrogen-bond donors (Lipinski definition) is 0. The van der Waals surface area contributed by atoms with Gasteiger partial charge in [0.15, 0.2) is 0 Å². The minimum Gasteiger partial charge on any atom is -0.339 e. The van der Waals surface area contributed by atoms with Gasteiger partial charge in [-0.25, -0.2) is 0 Å². The lowest BCUT2D eigenvalue weighted by molar-refractivity contribution is -0.126. The van der Waals surface area contributed by atoms with Gasteiger partial charge in [-0.2, -0.15) is 0 Å². The summed E-state index contributed by atoms with van der Waals surface area (Å²) in [7, 11) is 0. The molecule has 1 amide bonds. The molecule has 0 atom stereocenters. The van der Waals surface area contributed by atoms with E-state index in [0.29, 0.717) is 5.92 Å². The average molecular weight is 365 g/mol. The second-order valence-electron chi connectivity index (χ2n) is 7.14. The first-order valence-corrected chi connectivity index (χ1v) is 10.5. The zero-order valence-corrected chi connectivity index (χ0v) is 16.0. The summed E-state index contributed by atoms with van der Waals surface area (Å²) < 4.78 is 0. The fourth-order valence-electron chi connectivity index (χ4n) is 4.07. The second kappa shape index (κ2) is 7.67. The molecule has 0 unspecified atom stereocenters. The molecule has 3 nitrogen and oxygen atoms in total. The Balaban J connectivity index is 1.44. The van der Waals surface area contributed by atoms with Crippen LogP contribution in [0.5, 0.6) is 0 Å². The molecule has 2 heterocycles. The Labute approximate surface area is 159 Å². The van der Waals surface area contributed by atoms with Gasteiger partial charge in [0, 0.05) is 42.4 Å². The van der Waals surface area contributed by atoms with Crippen molar-refractivity contribution in [2.24, 2.45) is 5.92 Å². The van der Waals surface area contributed by atoms with Gasteiger partial charge < -0.3 is 4.90 Å². The van der Waals surface area contributed by atoms with Crippen molar-refractivity contribution in [3.8, 4) is 0 Å². The molecule has 0 bridgehead atoms. The van der Waals surface area contributed by atoms with Crippen LogP contribution in [0.2, 0.25) is 0 Å². The maximum Gasteiger partial charge on any atom is 0.255 e. The van der Waals surface area contributed by atoms with E-state index >= 15 is 0 Å². The third kappa shape index (κ3) is 3.43. The fraction of sp³-hybridized carbons (Fsp3) is 0.364. The molecule has 1 aliphatic carbocycles. The van der Waals surface area contributed by atoms with Crippen molar-refractivity contribution in [3.05, 3.63) is 70.4 Å². The largest absolute Gasteiger partial charge is 0.339 e. The number of aromatic nitrogens is 1. The SMILES string of the molecule is CSC1=C(C(=O)N2CCC(Cc3ccccc3)CC2)c2cnccc2C1. The van der Waals surface area contributed by atoms with E-state index in [2.05, 4.69) is 46.5 Å². The topological polar surface area (TPSA) is 33.2 Å². The molecule has 1 aromatic carbocycles. The number of fused-ring (bicyclic) bond motifs is 1. The normalized spacial score (nSPS) is 17.5. The van der Waals surface area contributed by atoms with Crippen molar-refractivity contribution >= 4 is 23.2 Å². The molecule has 1 aliphatic heterocycles. The molecular weight excluding hydrogens is 340 g/mol. The fourth-order valence-corrected chi connectivity index (χ4v) is 4.77. The summed E-state index contributed by atoms with van der Waals surface area (Å²) in [5.41, 5.74) is 4.56. The molecule has 2 aliphatic rings. The Morgan fingerprint density at radius 2 is 1.96 bits per heavy atom. The van der Waals surface area contributed by atoms with Crippen LogP contribution in [-0.2, 0) is 17.6 Å². The Kier molecular flexibility index (Phi) is 5.11. The zero-order chi connectivity index (χ0) is 17.9. The first-order chi connectivity index (χ1) is 12.8. The molecule has 4 heteroatoms. The van der Waals surface area contributed by atoms with Gasteiger partial charge in [-0.05, 0) is 48.6 Å². The van der Waals surface area contributed by atoms with Crippen LogP contribution in [-0.4, -0.2) is 35.1 Å². The molecule has 1 aromatic heterocycles. The van der Waals surface area contributed by atoms with Gasteiger partial charge in [-0.3, -0.25) is 9.78 Å². The van der Waals surface area contributed by atoms with E-state index in [0.717, 1.165) is 49.9 Å². The van der Waals surface area contributed by atoms with E-state index in [9.17, 15) is 4.79 Å². The molecule has 1 fully saturated rings. The number of amides is 1. The average Bonchev–Trinajstić information content (AvgIpc) is 3.07. The second-order valence-corrected chi connectivity index (χ2v) is 8.04. The first kappa shape index (κ1) is 17.3. The molecule has 0 radical (unpaired) electrons. The zero-order valence-electron chi connectivity index (χ0n) is 15.1. The first-order valence-electron chi connectivity index (χ1n) is 9.30. The molecule has 0 saturated carbocycles. The van der Waals surface area contributed by atoms with Gasteiger partial charge in [0.05, 0.1) is 5.57 Å². The van der Waals surface area contributed by atoms with Crippen LogP contribution in [0.1, 0.15) is 29.5 Å². The van der Waals surface area contributed by atoms with Gasteiger partial charge >= 0.3 is 0 Å².